The van der Waals surface area contributed by atoms with Gasteiger partial charge in [-0.25, -0.2) is 14.0 Å². The second-order valence-electron chi connectivity index (χ2n) is 5.62. The van der Waals surface area contributed by atoms with Gasteiger partial charge in [-0.3, -0.25) is 9.80 Å². The highest BCUT2D eigenvalue weighted by molar-refractivity contribution is 7.80. The highest BCUT2D eigenvalue weighted by Gasteiger charge is 2.33. The van der Waals surface area contributed by atoms with Crippen molar-refractivity contribution in [3.63, 3.8) is 0 Å². The molecule has 0 radical (unpaired) electrons. The molecule has 140 valence electrons. The van der Waals surface area contributed by atoms with E-state index >= 15 is 0 Å². The van der Waals surface area contributed by atoms with Crippen LogP contribution in [-0.4, -0.2) is 56.3 Å². The molecule has 8 nitrogen and oxygen atoms in total. The van der Waals surface area contributed by atoms with Crippen molar-refractivity contribution in [2.75, 3.05) is 42.6 Å². The number of benzene rings is 1. The molecule has 0 unspecified atom stereocenters. The van der Waals surface area contributed by atoms with E-state index in [0.717, 1.165) is 0 Å². The maximum atomic E-state index is 14.4. The molecule has 1 N–H and O–H groups in total. The summed E-state index contributed by atoms with van der Waals surface area (Å²) in [7, 11) is 0. The fourth-order valence-electron chi connectivity index (χ4n) is 2.71. The van der Waals surface area contributed by atoms with E-state index in [4.69, 9.17) is 26.4 Å². The van der Waals surface area contributed by atoms with E-state index < -0.39 is 24.1 Å². The third-order valence-corrected chi connectivity index (χ3v) is 4.18. The number of nitrogens with one attached hydrogen (secondary N) is 1. The number of nitrogens with zero attached hydrogens (tertiary/aromatic N) is 2. The second-order valence-corrected chi connectivity index (χ2v) is 5.99. The first-order valence-electron chi connectivity index (χ1n) is 8.12. The molecular formula is C16H18FN3O5S. The molecule has 0 aromatic heterocycles. The second kappa shape index (κ2) is 7.73. The first-order valence-corrected chi connectivity index (χ1v) is 8.53. The number of carbonyl (C=O) groups excluding carboxylic acids is 2. The van der Waals surface area contributed by atoms with Crippen LogP contribution in [0.2, 0.25) is 0 Å². The molecular weight excluding hydrogens is 365 g/mol. The number of thiocarbonyl (C=S) groups is 1. The lowest BCUT2D eigenvalue weighted by Crippen LogP contribution is -2.34. The standard InChI is InChI=1S/C16H18FN3O5S/c1-2-23-14(26)18-8-11-9-20(16(22)25-11)10-3-4-13(12(17)7-10)19-5-6-24-15(19)21/h3-4,7,11H,2,5-6,8-9H2,1H3,(H,18,26)/t11-/m0/s1. The van der Waals surface area contributed by atoms with Gasteiger partial charge in [-0.05, 0) is 37.3 Å². The van der Waals surface area contributed by atoms with E-state index in [1.54, 1.807) is 6.07 Å². The molecule has 1 aromatic carbocycles. The monoisotopic (exact) mass is 383 g/mol. The molecule has 0 bridgehead atoms. The summed E-state index contributed by atoms with van der Waals surface area (Å²) < 4.78 is 29.6. The number of cyclic esters (lactones) is 2. The van der Waals surface area contributed by atoms with Gasteiger partial charge in [-0.1, -0.05) is 0 Å². The largest absolute Gasteiger partial charge is 0.471 e. The molecule has 1 aromatic rings. The number of halogens is 1. The molecule has 0 saturated carbocycles. The molecule has 10 heteroatoms. The number of carbonyl (C=O) groups is 2. The molecule has 0 spiro atoms. The number of anilines is 2. The Morgan fingerprint density at radius 1 is 1.38 bits per heavy atom. The quantitative estimate of drug-likeness (QED) is 0.779. The average molecular weight is 383 g/mol. The van der Waals surface area contributed by atoms with Crippen molar-refractivity contribution in [1.29, 1.82) is 0 Å². The van der Waals surface area contributed by atoms with E-state index in [9.17, 15) is 14.0 Å². The zero-order valence-corrected chi connectivity index (χ0v) is 14.9. The molecule has 2 heterocycles. The molecule has 0 aliphatic carbocycles. The fourth-order valence-corrected chi connectivity index (χ4v) is 2.91. The lowest BCUT2D eigenvalue weighted by molar-refractivity contribution is 0.141. The number of hydrogen-bond acceptors (Lipinski definition) is 6. The first kappa shape index (κ1) is 18.2. The van der Waals surface area contributed by atoms with Gasteiger partial charge >= 0.3 is 12.2 Å². The van der Waals surface area contributed by atoms with Gasteiger partial charge in [0.2, 0.25) is 0 Å². The van der Waals surface area contributed by atoms with Crippen LogP contribution in [0.5, 0.6) is 0 Å². The van der Waals surface area contributed by atoms with Crippen molar-refractivity contribution in [2.45, 2.75) is 13.0 Å². The van der Waals surface area contributed by atoms with E-state index in [1.807, 2.05) is 6.92 Å². The normalized spacial score (nSPS) is 19.4. The zero-order valence-electron chi connectivity index (χ0n) is 14.1. The van der Waals surface area contributed by atoms with Crippen LogP contribution in [0.25, 0.3) is 0 Å². The van der Waals surface area contributed by atoms with Gasteiger partial charge < -0.3 is 19.5 Å². The Kier molecular flexibility index (Phi) is 5.40. The van der Waals surface area contributed by atoms with Crippen molar-refractivity contribution in [1.82, 2.24) is 5.32 Å². The summed E-state index contributed by atoms with van der Waals surface area (Å²) in [5, 5.41) is 3.09. The average Bonchev–Trinajstić information content (AvgIpc) is 3.19. The number of ether oxygens (including phenoxy) is 3. The third-order valence-electron chi connectivity index (χ3n) is 3.92. The molecule has 2 aliphatic heterocycles. The summed E-state index contributed by atoms with van der Waals surface area (Å²) in [6, 6.07) is 4.20. The van der Waals surface area contributed by atoms with Gasteiger partial charge in [0.15, 0.2) is 0 Å². The Bertz CT molecular complexity index is 732. The van der Waals surface area contributed by atoms with E-state index in [0.29, 0.717) is 18.8 Å². The van der Waals surface area contributed by atoms with Gasteiger partial charge in [0.1, 0.15) is 18.5 Å². The van der Waals surface area contributed by atoms with Crippen LogP contribution in [-0.2, 0) is 14.2 Å². The number of rotatable bonds is 5. The van der Waals surface area contributed by atoms with Gasteiger partial charge in [0, 0.05) is 0 Å². The summed E-state index contributed by atoms with van der Waals surface area (Å²) in [4.78, 5) is 26.2. The Hall–Kier alpha value is -2.62. The van der Waals surface area contributed by atoms with E-state index in [1.165, 1.54) is 21.9 Å². The SMILES string of the molecule is CCOC(=S)NC[C@H]1CN(c2ccc(N3CCOC3=O)c(F)c2)C(=O)O1. The minimum atomic E-state index is -0.617. The van der Waals surface area contributed by atoms with Crippen molar-refractivity contribution in [2.24, 2.45) is 0 Å². The summed E-state index contributed by atoms with van der Waals surface area (Å²) in [6.07, 6.45) is -1.61. The van der Waals surface area contributed by atoms with Crippen molar-refractivity contribution in [3.05, 3.63) is 24.0 Å². The molecule has 2 fully saturated rings. The predicted octanol–water partition coefficient (Wildman–Crippen LogP) is 2.02. The van der Waals surface area contributed by atoms with Crippen molar-refractivity contribution >= 4 is 41.0 Å². The Balaban J connectivity index is 1.65. The van der Waals surface area contributed by atoms with Crippen molar-refractivity contribution in [3.8, 4) is 0 Å². The lowest BCUT2D eigenvalue weighted by Gasteiger charge is -2.17. The zero-order chi connectivity index (χ0) is 18.7. The van der Waals surface area contributed by atoms with Crippen LogP contribution in [0.4, 0.5) is 25.4 Å². The number of amides is 2. The highest BCUT2D eigenvalue weighted by atomic mass is 32.1. The van der Waals surface area contributed by atoms with Gasteiger partial charge in [0.05, 0.1) is 37.6 Å². The molecule has 2 saturated heterocycles. The predicted molar refractivity (Wildman–Crippen MR) is 94.9 cm³/mol. The van der Waals surface area contributed by atoms with Gasteiger partial charge in [-0.15, -0.1) is 0 Å². The van der Waals surface area contributed by atoms with Crippen LogP contribution in [0.15, 0.2) is 18.2 Å². The number of hydrogen-bond donors (Lipinski definition) is 1. The smallest absolute Gasteiger partial charge is 0.414 e. The van der Waals surface area contributed by atoms with Crippen LogP contribution in [0.3, 0.4) is 0 Å². The van der Waals surface area contributed by atoms with Crippen LogP contribution >= 0.6 is 12.2 Å². The fraction of sp³-hybridized carbons (Fsp3) is 0.438. The van der Waals surface area contributed by atoms with Gasteiger partial charge in [-0.2, -0.15) is 0 Å². The third kappa shape index (κ3) is 3.79. The van der Waals surface area contributed by atoms with Crippen LogP contribution in [0, 0.1) is 5.82 Å². The van der Waals surface area contributed by atoms with Gasteiger partial charge in [0.25, 0.3) is 5.17 Å². The maximum absolute atomic E-state index is 14.4. The molecule has 3 rings (SSSR count). The summed E-state index contributed by atoms with van der Waals surface area (Å²) >= 11 is 4.95. The molecule has 1 atom stereocenters. The minimum Gasteiger partial charge on any atom is -0.471 e. The summed E-state index contributed by atoms with van der Waals surface area (Å²) in [5.41, 5.74) is 0.461. The Morgan fingerprint density at radius 3 is 2.85 bits per heavy atom. The minimum absolute atomic E-state index is 0.115. The maximum Gasteiger partial charge on any atom is 0.414 e. The van der Waals surface area contributed by atoms with Crippen LogP contribution < -0.4 is 15.1 Å². The molecule has 26 heavy (non-hydrogen) atoms. The molecule has 2 aliphatic rings. The topological polar surface area (TPSA) is 80.3 Å². The van der Waals surface area contributed by atoms with Crippen molar-refractivity contribution < 1.29 is 28.2 Å². The molecule has 2 amide bonds. The van der Waals surface area contributed by atoms with E-state index in [2.05, 4.69) is 5.32 Å². The Labute approximate surface area is 154 Å². The lowest BCUT2D eigenvalue weighted by atomic mass is 10.2. The first-order chi connectivity index (χ1) is 12.5. The van der Waals surface area contributed by atoms with E-state index in [-0.39, 0.29) is 30.6 Å². The highest BCUT2D eigenvalue weighted by Crippen LogP contribution is 2.29. The van der Waals surface area contributed by atoms with Crippen LogP contribution in [0.1, 0.15) is 6.92 Å². The summed E-state index contributed by atoms with van der Waals surface area (Å²) in [5.74, 6) is -0.617. The summed E-state index contributed by atoms with van der Waals surface area (Å²) in [6.45, 7) is 3.29. The Morgan fingerprint density at radius 2 is 2.19 bits per heavy atom.